The summed E-state index contributed by atoms with van der Waals surface area (Å²) < 4.78 is 10.6. The Morgan fingerprint density at radius 1 is 1.12 bits per heavy atom. The lowest BCUT2D eigenvalue weighted by molar-refractivity contribution is 0.174. The van der Waals surface area contributed by atoms with Crippen LogP contribution >= 0.6 is 35.4 Å². The molecule has 0 saturated heterocycles. The molecule has 0 unspecified atom stereocenters. The molecule has 24 heavy (non-hydrogen) atoms. The van der Waals surface area contributed by atoms with Crippen molar-refractivity contribution >= 4 is 46.7 Å². The van der Waals surface area contributed by atoms with Crippen LogP contribution in [0.1, 0.15) is 11.1 Å². The predicted octanol–water partition coefficient (Wildman–Crippen LogP) is 3.72. The van der Waals surface area contributed by atoms with Gasteiger partial charge in [0.25, 0.3) is 0 Å². The lowest BCUT2D eigenvalue weighted by Gasteiger charge is -2.07. The third-order valence-corrected chi connectivity index (χ3v) is 4.19. The van der Waals surface area contributed by atoms with E-state index in [0.717, 1.165) is 22.6 Å². The Kier molecular flexibility index (Phi) is 5.40. The van der Waals surface area contributed by atoms with Crippen LogP contribution in [-0.4, -0.2) is 18.1 Å². The van der Waals surface area contributed by atoms with E-state index in [-0.39, 0.29) is 6.79 Å². The van der Waals surface area contributed by atoms with Crippen LogP contribution in [0.15, 0.2) is 41.5 Å². The van der Waals surface area contributed by atoms with E-state index in [1.165, 1.54) is 0 Å². The van der Waals surface area contributed by atoms with Gasteiger partial charge >= 0.3 is 0 Å². The summed E-state index contributed by atoms with van der Waals surface area (Å²) in [7, 11) is 0. The van der Waals surface area contributed by atoms with Gasteiger partial charge in [0.1, 0.15) is 0 Å². The Hall–Kier alpha value is -2.02. The molecule has 0 aliphatic carbocycles. The highest BCUT2D eigenvalue weighted by Crippen LogP contribution is 2.32. The third kappa shape index (κ3) is 4.29. The van der Waals surface area contributed by atoms with Crippen LogP contribution in [0.2, 0.25) is 10.0 Å². The van der Waals surface area contributed by atoms with Gasteiger partial charge < -0.3 is 14.8 Å². The van der Waals surface area contributed by atoms with Crippen LogP contribution in [-0.2, 0) is 6.54 Å². The smallest absolute Gasteiger partial charge is 0.231 e. The fourth-order valence-electron chi connectivity index (χ4n) is 2.03. The van der Waals surface area contributed by atoms with Gasteiger partial charge in [-0.3, -0.25) is 5.43 Å². The molecule has 1 aliphatic heterocycles. The minimum Gasteiger partial charge on any atom is -0.454 e. The van der Waals surface area contributed by atoms with Crippen LogP contribution in [0.3, 0.4) is 0 Å². The number of fused-ring (bicyclic) bond motifs is 1. The molecule has 0 fully saturated rings. The van der Waals surface area contributed by atoms with Gasteiger partial charge in [-0.2, -0.15) is 5.10 Å². The van der Waals surface area contributed by atoms with Gasteiger partial charge in [-0.1, -0.05) is 35.3 Å². The average Bonchev–Trinajstić information content (AvgIpc) is 3.04. The first-order valence-corrected chi connectivity index (χ1v) is 8.19. The van der Waals surface area contributed by atoms with E-state index >= 15 is 0 Å². The van der Waals surface area contributed by atoms with Crippen LogP contribution in [0.25, 0.3) is 0 Å². The number of rotatable bonds is 4. The Morgan fingerprint density at radius 2 is 1.96 bits per heavy atom. The standard InChI is InChI=1S/C16H13Cl2N3O2S/c17-12-3-1-10(5-13(12)18)8-20-21-16(24)19-7-11-2-4-14-15(6-11)23-9-22-14/h1-6,8H,7,9H2,(H2,19,21,24)/b20-8-. The number of benzene rings is 2. The number of hydrogen-bond donors (Lipinski definition) is 2. The zero-order valence-electron chi connectivity index (χ0n) is 12.4. The van der Waals surface area contributed by atoms with Crippen molar-refractivity contribution in [2.24, 2.45) is 5.10 Å². The first-order valence-electron chi connectivity index (χ1n) is 7.02. The molecule has 0 bridgehead atoms. The first kappa shape index (κ1) is 16.8. The van der Waals surface area contributed by atoms with Crippen molar-refractivity contribution in [3.05, 3.63) is 57.6 Å². The molecule has 0 aromatic heterocycles. The zero-order valence-corrected chi connectivity index (χ0v) is 14.7. The molecule has 124 valence electrons. The quantitative estimate of drug-likeness (QED) is 0.480. The Balaban J connectivity index is 1.49. The van der Waals surface area contributed by atoms with Crippen LogP contribution in [0, 0.1) is 0 Å². The topological polar surface area (TPSA) is 54.9 Å². The number of thiocarbonyl (C=S) groups is 1. The number of hydrazone groups is 1. The second-order valence-electron chi connectivity index (χ2n) is 4.91. The predicted molar refractivity (Wildman–Crippen MR) is 99.2 cm³/mol. The first-order chi connectivity index (χ1) is 11.6. The van der Waals surface area contributed by atoms with E-state index < -0.39 is 0 Å². The molecule has 0 spiro atoms. The highest BCUT2D eigenvalue weighted by molar-refractivity contribution is 7.80. The SMILES string of the molecule is S=C(NCc1ccc2c(c1)OCO2)N/N=C\c1ccc(Cl)c(Cl)c1. The molecule has 5 nitrogen and oxygen atoms in total. The molecule has 0 radical (unpaired) electrons. The zero-order chi connectivity index (χ0) is 16.9. The molecule has 0 atom stereocenters. The van der Waals surface area contributed by atoms with Gasteiger partial charge in [-0.15, -0.1) is 0 Å². The van der Waals surface area contributed by atoms with E-state index in [1.807, 2.05) is 24.3 Å². The molecule has 0 saturated carbocycles. The summed E-state index contributed by atoms with van der Waals surface area (Å²) in [5, 5.41) is 8.50. The van der Waals surface area contributed by atoms with Crippen molar-refractivity contribution in [1.29, 1.82) is 0 Å². The van der Waals surface area contributed by atoms with Crippen molar-refractivity contribution in [3.63, 3.8) is 0 Å². The summed E-state index contributed by atoms with van der Waals surface area (Å²) in [6.07, 6.45) is 1.61. The van der Waals surface area contributed by atoms with Crippen molar-refractivity contribution in [1.82, 2.24) is 10.7 Å². The molecule has 1 heterocycles. The lowest BCUT2D eigenvalue weighted by atomic mass is 10.2. The van der Waals surface area contributed by atoms with Crippen molar-refractivity contribution in [2.45, 2.75) is 6.54 Å². The lowest BCUT2D eigenvalue weighted by Crippen LogP contribution is -2.31. The van der Waals surface area contributed by atoms with Crippen LogP contribution < -0.4 is 20.2 Å². The summed E-state index contributed by atoms with van der Waals surface area (Å²) in [5.74, 6) is 1.50. The van der Waals surface area contributed by atoms with Gasteiger partial charge in [0.05, 0.1) is 16.3 Å². The van der Waals surface area contributed by atoms with Crippen LogP contribution in [0.5, 0.6) is 11.5 Å². The number of halogens is 2. The van der Waals surface area contributed by atoms with Crippen LogP contribution in [0.4, 0.5) is 0 Å². The minimum atomic E-state index is 0.260. The summed E-state index contributed by atoms with van der Waals surface area (Å²) in [6.45, 7) is 0.806. The second kappa shape index (κ2) is 7.70. The maximum atomic E-state index is 5.94. The summed E-state index contributed by atoms with van der Waals surface area (Å²) in [5.41, 5.74) is 4.59. The average molecular weight is 382 g/mol. The molecule has 3 rings (SSSR count). The van der Waals surface area contributed by atoms with E-state index in [0.29, 0.717) is 21.7 Å². The van der Waals surface area contributed by atoms with Gasteiger partial charge in [-0.25, -0.2) is 0 Å². The van der Waals surface area contributed by atoms with Crippen molar-refractivity contribution in [2.75, 3.05) is 6.79 Å². The molecule has 2 N–H and O–H groups in total. The molecular weight excluding hydrogens is 369 g/mol. The van der Waals surface area contributed by atoms with Gasteiger partial charge in [0, 0.05) is 6.54 Å². The number of nitrogens with zero attached hydrogens (tertiary/aromatic N) is 1. The largest absolute Gasteiger partial charge is 0.454 e. The number of nitrogens with one attached hydrogen (secondary N) is 2. The molecule has 8 heteroatoms. The molecule has 1 aliphatic rings. The number of hydrogen-bond acceptors (Lipinski definition) is 4. The highest BCUT2D eigenvalue weighted by Gasteiger charge is 2.12. The van der Waals surface area contributed by atoms with Crippen molar-refractivity contribution < 1.29 is 9.47 Å². The molecule has 0 amide bonds. The fourth-order valence-corrected chi connectivity index (χ4v) is 2.46. The third-order valence-electron chi connectivity index (χ3n) is 3.21. The van der Waals surface area contributed by atoms with Gasteiger partial charge in [0.2, 0.25) is 6.79 Å². The number of ether oxygens (including phenoxy) is 2. The fraction of sp³-hybridized carbons (Fsp3) is 0.125. The minimum absolute atomic E-state index is 0.260. The van der Waals surface area contributed by atoms with E-state index in [1.54, 1.807) is 18.3 Å². The van der Waals surface area contributed by atoms with Gasteiger partial charge in [0.15, 0.2) is 16.6 Å². The van der Waals surface area contributed by atoms with E-state index in [2.05, 4.69) is 15.8 Å². The van der Waals surface area contributed by atoms with Crippen molar-refractivity contribution in [3.8, 4) is 11.5 Å². The van der Waals surface area contributed by atoms with E-state index in [9.17, 15) is 0 Å². The summed E-state index contributed by atoms with van der Waals surface area (Å²) in [4.78, 5) is 0. The second-order valence-corrected chi connectivity index (χ2v) is 6.14. The van der Waals surface area contributed by atoms with Gasteiger partial charge in [-0.05, 0) is 47.6 Å². The molecular formula is C16H13Cl2N3O2S. The molecule has 2 aromatic rings. The highest BCUT2D eigenvalue weighted by atomic mass is 35.5. The molecule has 2 aromatic carbocycles. The normalized spacial score (nSPS) is 12.4. The summed E-state index contributed by atoms with van der Waals surface area (Å²) in [6, 6.07) is 11.0. The maximum absolute atomic E-state index is 5.94. The summed E-state index contributed by atoms with van der Waals surface area (Å²) >= 11 is 17.0. The Bertz CT molecular complexity index is 799. The maximum Gasteiger partial charge on any atom is 0.231 e. The Labute approximate surface area is 154 Å². The van der Waals surface area contributed by atoms with E-state index in [4.69, 9.17) is 44.9 Å². The Morgan fingerprint density at radius 3 is 2.79 bits per heavy atom. The monoisotopic (exact) mass is 381 g/mol.